The average molecular weight is 1140 g/mol. The molecule has 10 nitrogen and oxygen atoms in total. The van der Waals surface area contributed by atoms with Crippen LogP contribution in [-0.2, 0) is 13.0 Å². The number of nitrogens with zero attached hydrogens (tertiary/aromatic N) is 10. The van der Waals surface area contributed by atoms with E-state index in [-0.39, 0.29) is 0 Å². The summed E-state index contributed by atoms with van der Waals surface area (Å²) in [6.45, 7) is 30.4. The lowest BCUT2D eigenvalue weighted by Gasteiger charge is -2.24. The highest BCUT2D eigenvalue weighted by molar-refractivity contribution is 7.09. The van der Waals surface area contributed by atoms with Crippen LogP contribution in [0.2, 0.25) is 0 Å². The number of benzene rings is 3. The number of para-hydroxylation sites is 1. The van der Waals surface area contributed by atoms with Crippen molar-refractivity contribution in [2.45, 2.75) is 110 Å². The molecule has 0 fully saturated rings. The molecule has 0 N–H and O–H groups in total. The molecule has 0 spiro atoms. The van der Waals surface area contributed by atoms with Gasteiger partial charge in [-0.1, -0.05) is 97.1 Å². The van der Waals surface area contributed by atoms with Gasteiger partial charge < -0.3 is 4.90 Å². The smallest absolute Gasteiger partial charge is 0.0897 e. The maximum atomic E-state index is 4.52. The zero-order valence-corrected chi connectivity index (χ0v) is 52.9. The van der Waals surface area contributed by atoms with Crippen LogP contribution in [-0.4, -0.2) is 63.3 Å². The second-order valence-electron chi connectivity index (χ2n) is 20.3. The van der Waals surface area contributed by atoms with Gasteiger partial charge in [0.2, 0.25) is 0 Å². The number of aromatic nitrogens is 9. The first-order valence-electron chi connectivity index (χ1n) is 27.8. The summed E-state index contributed by atoms with van der Waals surface area (Å²) < 4.78 is 0. The van der Waals surface area contributed by atoms with E-state index in [4.69, 9.17) is 0 Å². The van der Waals surface area contributed by atoms with E-state index in [1.54, 1.807) is 22.7 Å². The first-order valence-corrected chi connectivity index (χ1v) is 29.6. The highest BCUT2D eigenvalue weighted by Gasteiger charge is 2.13. The van der Waals surface area contributed by atoms with Crippen molar-refractivity contribution in [2.24, 2.45) is 0 Å². The number of pyridine rings is 7. The van der Waals surface area contributed by atoms with Gasteiger partial charge in [-0.3, -0.25) is 34.9 Å². The van der Waals surface area contributed by atoms with Gasteiger partial charge in [0.25, 0.3) is 0 Å². The van der Waals surface area contributed by atoms with E-state index in [0.29, 0.717) is 0 Å². The summed E-state index contributed by atoms with van der Waals surface area (Å²) in [4.78, 5) is 40.2. The molecular formula is C71H82N10S2. The Labute approximate surface area is 502 Å². The van der Waals surface area contributed by atoms with Crippen molar-refractivity contribution in [3.63, 3.8) is 0 Å². The summed E-state index contributed by atoms with van der Waals surface area (Å²) in [6, 6.07) is 51.3. The summed E-state index contributed by atoms with van der Waals surface area (Å²) in [5.41, 5.74) is 17.3. The molecule has 1 aliphatic heterocycles. The normalized spacial score (nSPS) is 10.9. The Balaban J connectivity index is 0.000000172. The van der Waals surface area contributed by atoms with Gasteiger partial charge >= 0.3 is 0 Å². The molecule has 0 saturated carbocycles. The minimum absolute atomic E-state index is 1.06. The van der Waals surface area contributed by atoms with E-state index in [2.05, 4.69) is 148 Å². The van der Waals surface area contributed by atoms with E-state index < -0.39 is 0 Å². The van der Waals surface area contributed by atoms with Crippen molar-refractivity contribution in [1.82, 2.24) is 49.8 Å². The minimum atomic E-state index is 1.06. The molecule has 12 heteroatoms. The third kappa shape index (κ3) is 24.8. The van der Waals surface area contributed by atoms with E-state index in [9.17, 15) is 0 Å². The number of rotatable bonds is 0. The summed E-state index contributed by atoms with van der Waals surface area (Å²) in [6.07, 6.45) is 8.54. The van der Waals surface area contributed by atoms with E-state index >= 15 is 0 Å². The van der Waals surface area contributed by atoms with Gasteiger partial charge in [-0.05, 0) is 186 Å². The molecule has 9 aromatic heterocycles. The fraction of sp³-hybridized carbons (Fsp3) is 0.254. The topological polar surface area (TPSA) is 119 Å². The lowest BCUT2D eigenvalue weighted by atomic mass is 10.1. The second-order valence-corrected chi connectivity index (χ2v) is 22.4. The van der Waals surface area contributed by atoms with Gasteiger partial charge in [-0.15, -0.1) is 22.7 Å². The van der Waals surface area contributed by atoms with Crippen LogP contribution < -0.4 is 0 Å². The first-order chi connectivity index (χ1) is 39.8. The van der Waals surface area contributed by atoms with Crippen molar-refractivity contribution < 1.29 is 0 Å². The number of likely N-dealkylation sites (N-methyl/N-ethyl adjacent to an activating group) is 1. The van der Waals surface area contributed by atoms with Crippen molar-refractivity contribution in [3.8, 4) is 0 Å². The number of aryl methyl sites for hydroxylation is 14. The number of fused-ring (bicyclic) bond motifs is 4. The summed E-state index contributed by atoms with van der Waals surface area (Å²) in [5.74, 6) is 0. The average Bonchev–Trinajstić information content (AvgIpc) is 4.22. The Morgan fingerprint density at radius 1 is 0.386 bits per heavy atom. The molecule has 0 saturated heterocycles. The molecule has 428 valence electrons. The zero-order chi connectivity index (χ0) is 60.1. The van der Waals surface area contributed by atoms with E-state index in [0.717, 1.165) is 92.0 Å². The SMILES string of the molecule is Cc1cc2ccccc2cn1.Cc1ccc(C)nc1.Cc1ccc2c(n1)CCN(C)C2.Cc1ccc2ccccc2n1.Cc1cccc(C)n1.Cc1cccnc1C.Cc1csc(C)n1.Cc1csc(C)n1.Cc1nccc2ccccc12. The fourth-order valence-electron chi connectivity index (χ4n) is 8.03. The Hall–Kier alpha value is -8.29. The van der Waals surface area contributed by atoms with Crippen LogP contribution in [0.4, 0.5) is 0 Å². The monoisotopic (exact) mass is 1140 g/mol. The predicted molar refractivity (Wildman–Crippen MR) is 353 cm³/mol. The van der Waals surface area contributed by atoms with E-state index in [1.165, 1.54) is 49.3 Å². The molecule has 0 amide bonds. The zero-order valence-electron chi connectivity index (χ0n) is 51.3. The molecule has 0 bridgehead atoms. The van der Waals surface area contributed by atoms with Crippen molar-refractivity contribution in [2.75, 3.05) is 13.6 Å². The molecule has 3 aromatic carbocycles. The fourth-order valence-corrected chi connectivity index (χ4v) is 9.21. The van der Waals surface area contributed by atoms with Gasteiger partial charge in [0.15, 0.2) is 0 Å². The van der Waals surface area contributed by atoms with Crippen LogP contribution in [0, 0.1) is 96.9 Å². The van der Waals surface area contributed by atoms with E-state index in [1.807, 2.05) is 193 Å². The van der Waals surface area contributed by atoms with Crippen LogP contribution >= 0.6 is 22.7 Å². The molecular weight excluding hydrogens is 1060 g/mol. The van der Waals surface area contributed by atoms with Gasteiger partial charge in [0.1, 0.15) is 0 Å². The number of hydrogen-bond acceptors (Lipinski definition) is 12. The lowest BCUT2D eigenvalue weighted by molar-refractivity contribution is 0.309. The van der Waals surface area contributed by atoms with Crippen LogP contribution in [0.3, 0.4) is 0 Å². The lowest BCUT2D eigenvalue weighted by Crippen LogP contribution is -2.27. The molecule has 1 aliphatic rings. The first kappa shape index (κ1) is 65.5. The molecule has 0 unspecified atom stereocenters. The highest BCUT2D eigenvalue weighted by atomic mass is 32.1. The van der Waals surface area contributed by atoms with Gasteiger partial charge in [0.05, 0.1) is 15.5 Å². The molecule has 12 aromatic rings. The van der Waals surface area contributed by atoms with Crippen LogP contribution in [0.25, 0.3) is 32.4 Å². The maximum Gasteiger partial charge on any atom is 0.0897 e. The van der Waals surface area contributed by atoms with Crippen molar-refractivity contribution in [1.29, 1.82) is 0 Å². The third-order valence-corrected chi connectivity index (χ3v) is 14.4. The highest BCUT2D eigenvalue weighted by Crippen LogP contribution is 2.17. The van der Waals surface area contributed by atoms with Crippen LogP contribution in [0.1, 0.15) is 89.3 Å². The minimum Gasteiger partial charge on any atom is -0.302 e. The summed E-state index contributed by atoms with van der Waals surface area (Å²) in [5, 5.41) is 12.6. The molecule has 0 radical (unpaired) electrons. The Morgan fingerprint density at radius 3 is 1.49 bits per heavy atom. The van der Waals surface area contributed by atoms with Gasteiger partial charge in [-0.2, -0.15) is 0 Å². The number of thiazole rings is 2. The molecule has 13 rings (SSSR count). The summed E-state index contributed by atoms with van der Waals surface area (Å²) in [7, 11) is 2.16. The molecule has 10 heterocycles. The van der Waals surface area contributed by atoms with Gasteiger partial charge in [0, 0.05) is 134 Å². The molecule has 0 atom stereocenters. The van der Waals surface area contributed by atoms with Crippen LogP contribution in [0.5, 0.6) is 0 Å². The van der Waals surface area contributed by atoms with Gasteiger partial charge in [-0.25, -0.2) is 9.97 Å². The summed E-state index contributed by atoms with van der Waals surface area (Å²) >= 11 is 3.39. The largest absolute Gasteiger partial charge is 0.302 e. The molecule has 0 aliphatic carbocycles. The quantitative estimate of drug-likeness (QED) is 0.145. The Morgan fingerprint density at radius 2 is 0.952 bits per heavy atom. The standard InChI is InChI=1S/C10H14N2.3C10H9N.3C7H9N.2C5H7NS/c1-8-3-4-9-7-12(2)6-5-10(9)11-8;1-8-6-9-4-2-3-5-10(9)7-11-8;1-8-10-5-3-2-4-9(10)6-7-11-8;1-8-6-7-9-4-2-3-5-10(9)11-8;1-6-3-4-7(2)8-5-6;1-6-4-3-5-8-7(6)2;1-6-4-3-5-7(2)8-6;2*1-4-3-7-5(2)6-4/h3-4H,5-7H2,1-2H3;3*2-7H,1H3;3*3-5H,1-2H3;2*3H,1-2H3. The van der Waals surface area contributed by atoms with Crippen LogP contribution in [0.15, 0.2) is 187 Å². The maximum absolute atomic E-state index is 4.52. The van der Waals surface area contributed by atoms with Crippen molar-refractivity contribution >= 4 is 55.1 Å². The Bertz CT molecular complexity index is 3610. The van der Waals surface area contributed by atoms with Crippen molar-refractivity contribution in [3.05, 3.63) is 277 Å². The third-order valence-electron chi connectivity index (χ3n) is 12.6. The predicted octanol–water partition coefficient (Wildman–Crippen LogP) is 17.6. The Kier molecular flexibility index (Phi) is 27.5. The number of hydrogen-bond donors (Lipinski definition) is 0. The second kappa shape index (κ2) is 34.9. The molecule has 83 heavy (non-hydrogen) atoms.